The van der Waals surface area contributed by atoms with Crippen LogP contribution in [0.5, 0.6) is 0 Å². The van der Waals surface area contributed by atoms with Crippen molar-refractivity contribution in [2.24, 2.45) is 0 Å². The molecule has 0 aliphatic carbocycles. The number of rotatable bonds is 6. The molecular formula is C23H19N3O2. The maximum atomic E-state index is 12.7. The molecule has 0 saturated carbocycles. The third kappa shape index (κ3) is 3.99. The van der Waals surface area contributed by atoms with Gasteiger partial charge in [-0.15, -0.1) is 0 Å². The second-order valence-corrected chi connectivity index (χ2v) is 6.27. The van der Waals surface area contributed by atoms with Gasteiger partial charge in [0.2, 0.25) is 5.89 Å². The van der Waals surface area contributed by atoms with Gasteiger partial charge in [-0.05, 0) is 24.3 Å². The highest BCUT2D eigenvalue weighted by molar-refractivity contribution is 6.00. The minimum atomic E-state index is -0.161. The number of hydrogen-bond donors (Lipinski definition) is 1. The van der Waals surface area contributed by atoms with Gasteiger partial charge in [-0.1, -0.05) is 48.5 Å². The maximum absolute atomic E-state index is 12.7. The molecule has 0 bridgehead atoms. The van der Waals surface area contributed by atoms with Crippen LogP contribution in [0.4, 0.5) is 0 Å². The Labute approximate surface area is 163 Å². The number of benzene rings is 2. The number of aromatic nitrogens is 2. The second-order valence-electron chi connectivity index (χ2n) is 6.27. The van der Waals surface area contributed by atoms with Crippen LogP contribution < -0.4 is 5.32 Å². The molecule has 5 nitrogen and oxygen atoms in total. The highest BCUT2D eigenvalue weighted by Gasteiger charge is 2.16. The molecule has 138 valence electrons. The molecular weight excluding hydrogens is 350 g/mol. The zero-order chi connectivity index (χ0) is 19.2. The van der Waals surface area contributed by atoms with Crippen LogP contribution in [-0.2, 0) is 6.42 Å². The Kier molecular flexibility index (Phi) is 5.24. The first-order chi connectivity index (χ1) is 13.8. The van der Waals surface area contributed by atoms with Gasteiger partial charge < -0.3 is 9.73 Å². The summed E-state index contributed by atoms with van der Waals surface area (Å²) in [7, 11) is 0. The molecule has 4 aromatic rings. The molecule has 2 aromatic heterocycles. The van der Waals surface area contributed by atoms with E-state index in [2.05, 4.69) is 15.3 Å². The van der Waals surface area contributed by atoms with E-state index < -0.39 is 0 Å². The number of carbonyl (C=O) groups is 1. The van der Waals surface area contributed by atoms with Crippen LogP contribution in [0.3, 0.4) is 0 Å². The molecule has 5 heteroatoms. The van der Waals surface area contributed by atoms with Crippen LogP contribution in [-0.4, -0.2) is 22.4 Å². The summed E-state index contributed by atoms with van der Waals surface area (Å²) in [4.78, 5) is 21.4. The summed E-state index contributed by atoms with van der Waals surface area (Å²) in [5, 5.41) is 2.95. The first-order valence-electron chi connectivity index (χ1n) is 9.10. The number of nitrogens with one attached hydrogen (secondary N) is 1. The Bertz CT molecular complexity index is 1060. The molecule has 2 aromatic carbocycles. The average molecular weight is 369 g/mol. The van der Waals surface area contributed by atoms with Crippen LogP contribution in [0.15, 0.2) is 89.6 Å². The summed E-state index contributed by atoms with van der Waals surface area (Å²) in [6, 6.07) is 22.8. The lowest BCUT2D eigenvalue weighted by atomic mass is 10.1. The van der Waals surface area contributed by atoms with Crippen LogP contribution in [0.1, 0.15) is 16.1 Å². The van der Waals surface area contributed by atoms with Crippen molar-refractivity contribution in [2.75, 3.05) is 6.54 Å². The van der Waals surface area contributed by atoms with Gasteiger partial charge in [-0.25, -0.2) is 4.98 Å². The third-order valence-corrected chi connectivity index (χ3v) is 4.36. The Morgan fingerprint density at radius 1 is 0.893 bits per heavy atom. The highest BCUT2D eigenvalue weighted by Crippen LogP contribution is 2.28. The topological polar surface area (TPSA) is 68.0 Å². The van der Waals surface area contributed by atoms with Crippen LogP contribution in [0, 0.1) is 0 Å². The van der Waals surface area contributed by atoms with Gasteiger partial charge in [0.15, 0.2) is 5.76 Å². The van der Waals surface area contributed by atoms with Gasteiger partial charge in [-0.2, -0.15) is 0 Å². The second kappa shape index (κ2) is 8.31. The summed E-state index contributed by atoms with van der Waals surface area (Å²) < 4.78 is 5.92. The maximum Gasteiger partial charge on any atom is 0.252 e. The minimum Gasteiger partial charge on any atom is -0.436 e. The van der Waals surface area contributed by atoms with Crippen molar-refractivity contribution in [3.05, 3.63) is 96.4 Å². The molecule has 0 aliphatic heterocycles. The van der Waals surface area contributed by atoms with Crippen molar-refractivity contribution in [3.63, 3.8) is 0 Å². The van der Waals surface area contributed by atoms with Gasteiger partial charge in [0, 0.05) is 36.0 Å². The summed E-state index contributed by atoms with van der Waals surface area (Å²) in [6.45, 7) is 0.505. The van der Waals surface area contributed by atoms with Crippen molar-refractivity contribution < 1.29 is 9.21 Å². The normalized spacial score (nSPS) is 10.6. The molecule has 0 radical (unpaired) electrons. The number of carbonyl (C=O) groups excluding carboxylic acids is 1. The van der Waals surface area contributed by atoms with Crippen LogP contribution >= 0.6 is 0 Å². The monoisotopic (exact) mass is 369 g/mol. The Morgan fingerprint density at radius 3 is 2.50 bits per heavy atom. The van der Waals surface area contributed by atoms with E-state index in [0.29, 0.717) is 35.7 Å². The van der Waals surface area contributed by atoms with Crippen molar-refractivity contribution in [3.8, 4) is 22.8 Å². The Morgan fingerprint density at radius 2 is 1.68 bits per heavy atom. The summed E-state index contributed by atoms with van der Waals surface area (Å²) in [6.07, 6.45) is 4.10. The van der Waals surface area contributed by atoms with E-state index in [0.717, 1.165) is 11.3 Å². The average Bonchev–Trinajstić information content (AvgIpc) is 3.25. The van der Waals surface area contributed by atoms with Gasteiger partial charge in [0.05, 0.1) is 11.8 Å². The fourth-order valence-electron chi connectivity index (χ4n) is 2.95. The predicted molar refractivity (Wildman–Crippen MR) is 108 cm³/mol. The Hall–Kier alpha value is -3.73. The van der Waals surface area contributed by atoms with Crippen LogP contribution in [0.25, 0.3) is 22.8 Å². The van der Waals surface area contributed by atoms with Crippen LogP contribution in [0.2, 0.25) is 0 Å². The summed E-state index contributed by atoms with van der Waals surface area (Å²) >= 11 is 0. The lowest BCUT2D eigenvalue weighted by Crippen LogP contribution is -2.26. The molecule has 4 rings (SSSR count). The van der Waals surface area contributed by atoms with Gasteiger partial charge in [-0.3, -0.25) is 9.78 Å². The number of hydrogen-bond acceptors (Lipinski definition) is 4. The minimum absolute atomic E-state index is 0.161. The molecule has 28 heavy (non-hydrogen) atoms. The van der Waals surface area contributed by atoms with Gasteiger partial charge in [0.25, 0.3) is 5.91 Å². The van der Waals surface area contributed by atoms with E-state index in [1.54, 1.807) is 18.5 Å². The van der Waals surface area contributed by atoms with Gasteiger partial charge >= 0.3 is 0 Å². The molecule has 2 heterocycles. The largest absolute Gasteiger partial charge is 0.436 e. The van der Waals surface area contributed by atoms with E-state index in [1.165, 1.54) is 0 Å². The standard InChI is InChI=1S/C23H19N3O2/c27-22(25-15-13-18-10-6-7-14-24-18)19-11-4-5-12-20(19)23-26-16-21(28-23)17-8-2-1-3-9-17/h1-12,14,16H,13,15H2,(H,25,27). The Balaban J connectivity index is 1.51. The quantitative estimate of drug-likeness (QED) is 0.548. The molecule has 0 unspecified atom stereocenters. The van der Waals surface area contributed by atoms with E-state index in [9.17, 15) is 4.79 Å². The van der Waals surface area contributed by atoms with Gasteiger partial charge in [0.1, 0.15) is 0 Å². The lowest BCUT2D eigenvalue weighted by molar-refractivity contribution is 0.0954. The third-order valence-electron chi connectivity index (χ3n) is 4.36. The predicted octanol–water partition coefficient (Wildman–Crippen LogP) is 4.38. The van der Waals surface area contributed by atoms with E-state index in [1.807, 2.05) is 66.7 Å². The molecule has 0 saturated heterocycles. The number of oxazole rings is 1. The zero-order valence-corrected chi connectivity index (χ0v) is 15.2. The van der Waals surface area contributed by atoms with Crippen molar-refractivity contribution >= 4 is 5.91 Å². The van der Waals surface area contributed by atoms with Crippen molar-refractivity contribution in [1.29, 1.82) is 0 Å². The number of pyridine rings is 1. The van der Waals surface area contributed by atoms with Crippen molar-refractivity contribution in [1.82, 2.24) is 15.3 Å². The van der Waals surface area contributed by atoms with Crippen molar-refractivity contribution in [2.45, 2.75) is 6.42 Å². The molecule has 1 N–H and O–H groups in total. The zero-order valence-electron chi connectivity index (χ0n) is 15.2. The smallest absolute Gasteiger partial charge is 0.252 e. The summed E-state index contributed by atoms with van der Waals surface area (Å²) in [5.41, 5.74) is 3.08. The molecule has 0 aliphatic rings. The van der Waals surface area contributed by atoms with E-state index in [4.69, 9.17) is 4.42 Å². The molecule has 0 atom stereocenters. The van der Waals surface area contributed by atoms with E-state index in [-0.39, 0.29) is 5.91 Å². The first kappa shape index (κ1) is 17.7. The first-order valence-corrected chi connectivity index (χ1v) is 9.10. The SMILES string of the molecule is O=C(NCCc1ccccn1)c1ccccc1-c1ncc(-c2ccccc2)o1. The highest BCUT2D eigenvalue weighted by atomic mass is 16.4. The fraction of sp³-hybridized carbons (Fsp3) is 0.0870. The summed E-state index contributed by atoms with van der Waals surface area (Å²) in [5.74, 6) is 0.932. The molecule has 0 fully saturated rings. The number of nitrogens with zero attached hydrogens (tertiary/aromatic N) is 2. The van der Waals surface area contributed by atoms with E-state index >= 15 is 0 Å². The lowest BCUT2D eigenvalue weighted by Gasteiger charge is -2.08. The fourth-order valence-corrected chi connectivity index (χ4v) is 2.95. The molecule has 0 spiro atoms. The number of amides is 1. The molecule has 1 amide bonds.